The second-order valence-electron chi connectivity index (χ2n) is 2.13. The Morgan fingerprint density at radius 2 is 2.18 bits per heavy atom. The number of carbonyl (C=O) groups is 1. The molecule has 3 N–H and O–H groups in total. The number of amides is 1. The van der Waals surface area contributed by atoms with Gasteiger partial charge in [-0.3, -0.25) is 9.52 Å². The van der Waals surface area contributed by atoms with Gasteiger partial charge in [0.15, 0.2) is 0 Å². The molecule has 0 saturated heterocycles. The van der Waals surface area contributed by atoms with Gasteiger partial charge in [0.1, 0.15) is 5.54 Å². The zero-order valence-electron chi connectivity index (χ0n) is 7.05. The Kier molecular flexibility index (Phi) is 4.22. The summed E-state index contributed by atoms with van der Waals surface area (Å²) in [6.45, 7) is 5.67. The molecular formula is C7H14N2OS. The van der Waals surface area contributed by atoms with E-state index in [0.29, 0.717) is 0 Å². The van der Waals surface area contributed by atoms with Gasteiger partial charge in [-0.25, -0.2) is 0 Å². The molecule has 1 aliphatic rings. The van der Waals surface area contributed by atoms with Crippen molar-refractivity contribution in [3.05, 3.63) is 11.5 Å². The fourth-order valence-corrected chi connectivity index (χ4v) is 1.19. The monoisotopic (exact) mass is 174 g/mol. The molecule has 0 aromatic heterocycles. The van der Waals surface area contributed by atoms with Gasteiger partial charge in [0, 0.05) is 0 Å². The van der Waals surface area contributed by atoms with Gasteiger partial charge in [0.25, 0.3) is 5.91 Å². The minimum Gasteiger partial charge on any atom is -0.314 e. The highest BCUT2D eigenvalue weighted by molar-refractivity contribution is 8.00. The van der Waals surface area contributed by atoms with E-state index in [1.807, 2.05) is 13.8 Å². The summed E-state index contributed by atoms with van der Waals surface area (Å²) in [6.07, 6.45) is 1.68. The summed E-state index contributed by atoms with van der Waals surface area (Å²) in [7, 11) is 0. The van der Waals surface area contributed by atoms with Crippen LogP contribution in [0.1, 0.15) is 20.8 Å². The second kappa shape index (κ2) is 4.41. The van der Waals surface area contributed by atoms with Crippen molar-refractivity contribution in [3.63, 3.8) is 0 Å². The fourth-order valence-electron chi connectivity index (χ4n) is 0.449. The van der Waals surface area contributed by atoms with Crippen molar-refractivity contribution in [1.82, 2.24) is 4.72 Å². The van der Waals surface area contributed by atoms with Crippen LogP contribution in [0.2, 0.25) is 0 Å². The van der Waals surface area contributed by atoms with Crippen molar-refractivity contribution < 1.29 is 4.79 Å². The normalized spacial score (nSPS) is 28.5. The fraction of sp³-hybridized carbons (Fsp3) is 0.571. The van der Waals surface area contributed by atoms with Crippen molar-refractivity contribution >= 4 is 17.9 Å². The molecule has 0 bridgehead atoms. The van der Waals surface area contributed by atoms with E-state index >= 15 is 0 Å². The van der Waals surface area contributed by atoms with E-state index in [2.05, 4.69) is 4.72 Å². The minimum atomic E-state index is -0.814. The first-order chi connectivity index (χ1) is 5.13. The number of nitrogens with one attached hydrogen (secondary N) is 1. The highest BCUT2D eigenvalue weighted by atomic mass is 32.2. The summed E-state index contributed by atoms with van der Waals surface area (Å²) in [5.74, 6) is -0.144. The topological polar surface area (TPSA) is 55.1 Å². The molecule has 11 heavy (non-hydrogen) atoms. The predicted octanol–water partition coefficient (Wildman–Crippen LogP) is 1.02. The first-order valence-corrected chi connectivity index (χ1v) is 4.43. The van der Waals surface area contributed by atoms with E-state index in [1.165, 1.54) is 11.9 Å². The van der Waals surface area contributed by atoms with E-state index in [1.54, 1.807) is 18.4 Å². The van der Waals surface area contributed by atoms with Crippen LogP contribution in [0.25, 0.3) is 0 Å². The molecule has 0 aromatic carbocycles. The van der Waals surface area contributed by atoms with E-state index in [4.69, 9.17) is 5.73 Å². The van der Waals surface area contributed by atoms with E-state index in [-0.39, 0.29) is 5.91 Å². The number of hydrogen-bond donors (Lipinski definition) is 2. The lowest BCUT2D eigenvalue weighted by Gasteiger charge is -2.21. The average molecular weight is 174 g/mol. The Morgan fingerprint density at radius 3 is 2.45 bits per heavy atom. The SMILES string of the molecule is CC.CC1(N)C=CSNC1=O. The molecule has 0 fully saturated rings. The van der Waals surface area contributed by atoms with E-state index in [0.717, 1.165) is 0 Å². The maximum absolute atomic E-state index is 10.8. The summed E-state index contributed by atoms with van der Waals surface area (Å²) < 4.78 is 2.54. The van der Waals surface area contributed by atoms with Gasteiger partial charge in [0.2, 0.25) is 0 Å². The third-order valence-corrected chi connectivity index (χ3v) is 1.70. The molecule has 1 unspecified atom stereocenters. The highest BCUT2D eigenvalue weighted by Gasteiger charge is 2.26. The van der Waals surface area contributed by atoms with Crippen LogP contribution >= 0.6 is 11.9 Å². The molecule has 64 valence electrons. The van der Waals surface area contributed by atoms with Crippen LogP contribution in [0.5, 0.6) is 0 Å². The molecule has 3 nitrogen and oxygen atoms in total. The standard InChI is InChI=1S/C5H8N2OS.C2H6/c1-5(6)2-3-9-7-4(5)8;1-2/h2-3H,6H2,1H3,(H,7,8);1-2H3. The average Bonchev–Trinajstić information content (AvgIpc) is 2.00. The summed E-state index contributed by atoms with van der Waals surface area (Å²) >= 11 is 1.25. The Balaban J connectivity index is 0.000000461. The molecule has 0 aromatic rings. The molecular weight excluding hydrogens is 160 g/mol. The lowest BCUT2D eigenvalue weighted by atomic mass is 10.0. The molecule has 0 aliphatic carbocycles. The molecule has 1 amide bonds. The van der Waals surface area contributed by atoms with Gasteiger partial charge in [-0.15, -0.1) is 0 Å². The van der Waals surface area contributed by atoms with Gasteiger partial charge in [-0.05, 0) is 30.4 Å². The van der Waals surface area contributed by atoms with Gasteiger partial charge in [-0.1, -0.05) is 13.8 Å². The van der Waals surface area contributed by atoms with Crippen LogP contribution in [0.3, 0.4) is 0 Å². The van der Waals surface area contributed by atoms with Crippen molar-refractivity contribution in [1.29, 1.82) is 0 Å². The Bertz CT molecular complexity index is 166. The van der Waals surface area contributed by atoms with Crippen LogP contribution in [0.4, 0.5) is 0 Å². The molecule has 0 radical (unpaired) electrons. The van der Waals surface area contributed by atoms with Crippen molar-refractivity contribution in [2.24, 2.45) is 5.73 Å². The van der Waals surface area contributed by atoms with E-state index in [9.17, 15) is 4.79 Å². The zero-order valence-corrected chi connectivity index (χ0v) is 7.87. The molecule has 0 saturated carbocycles. The highest BCUT2D eigenvalue weighted by Crippen LogP contribution is 2.12. The first-order valence-electron chi connectivity index (χ1n) is 3.55. The van der Waals surface area contributed by atoms with Crippen LogP contribution in [-0.2, 0) is 4.79 Å². The maximum atomic E-state index is 10.8. The number of rotatable bonds is 0. The van der Waals surface area contributed by atoms with Crippen molar-refractivity contribution in [2.75, 3.05) is 0 Å². The number of hydrogen-bond acceptors (Lipinski definition) is 3. The molecule has 1 atom stereocenters. The van der Waals surface area contributed by atoms with Crippen LogP contribution < -0.4 is 10.5 Å². The second-order valence-corrected chi connectivity index (χ2v) is 2.85. The van der Waals surface area contributed by atoms with Gasteiger partial charge in [0.05, 0.1) is 0 Å². The molecule has 0 spiro atoms. The lowest BCUT2D eigenvalue weighted by molar-refractivity contribution is -0.122. The van der Waals surface area contributed by atoms with Crippen molar-refractivity contribution in [3.8, 4) is 0 Å². The quantitative estimate of drug-likeness (QED) is 0.539. The summed E-state index contributed by atoms with van der Waals surface area (Å²) in [5, 5.41) is 1.77. The minimum absolute atomic E-state index is 0.144. The van der Waals surface area contributed by atoms with E-state index < -0.39 is 5.54 Å². The predicted molar refractivity (Wildman–Crippen MR) is 48.8 cm³/mol. The van der Waals surface area contributed by atoms with Gasteiger partial charge in [-0.2, -0.15) is 0 Å². The molecule has 1 aliphatic heterocycles. The molecule has 1 rings (SSSR count). The van der Waals surface area contributed by atoms with Crippen LogP contribution in [0, 0.1) is 0 Å². The number of carbonyl (C=O) groups excluding carboxylic acids is 1. The third kappa shape index (κ3) is 2.95. The largest absolute Gasteiger partial charge is 0.314 e. The smallest absolute Gasteiger partial charge is 0.253 e. The third-order valence-electron chi connectivity index (χ3n) is 1.12. The summed E-state index contributed by atoms with van der Waals surface area (Å²) in [5.41, 5.74) is 4.69. The van der Waals surface area contributed by atoms with Crippen LogP contribution in [-0.4, -0.2) is 11.4 Å². The Hall–Kier alpha value is -0.480. The Labute approximate surface area is 71.5 Å². The summed E-state index contributed by atoms with van der Waals surface area (Å²) in [6, 6.07) is 0. The van der Waals surface area contributed by atoms with Gasteiger partial charge >= 0.3 is 0 Å². The Morgan fingerprint density at radius 1 is 1.64 bits per heavy atom. The lowest BCUT2D eigenvalue weighted by Crippen LogP contribution is -2.49. The summed E-state index contributed by atoms with van der Waals surface area (Å²) in [4.78, 5) is 10.8. The first kappa shape index (κ1) is 10.5. The van der Waals surface area contributed by atoms with Crippen molar-refractivity contribution in [2.45, 2.75) is 26.3 Å². The zero-order chi connectivity index (χ0) is 8.91. The van der Waals surface area contributed by atoms with Gasteiger partial charge < -0.3 is 5.73 Å². The molecule has 4 heteroatoms. The van der Waals surface area contributed by atoms with Crippen LogP contribution in [0.15, 0.2) is 11.5 Å². The maximum Gasteiger partial charge on any atom is 0.253 e. The number of nitrogens with two attached hydrogens (primary N) is 1. The molecule has 1 heterocycles.